The molecule has 1 amide bonds. The van der Waals surface area contributed by atoms with Gasteiger partial charge >= 0.3 is 5.38 Å². The molecule has 0 radical (unpaired) electrons. The Bertz CT molecular complexity index is 1490. The molecule has 2 N–H and O–H groups in total. The second kappa shape index (κ2) is 10.8. The van der Waals surface area contributed by atoms with Gasteiger partial charge in [-0.1, -0.05) is 41.0 Å². The normalized spacial score (nSPS) is 16.1. The Hall–Kier alpha value is -2.50. The minimum atomic E-state index is -3.87. The van der Waals surface area contributed by atoms with Crippen molar-refractivity contribution in [2.24, 2.45) is 0 Å². The summed E-state index contributed by atoms with van der Waals surface area (Å²) >= 11 is 18.6. The van der Waals surface area contributed by atoms with Crippen molar-refractivity contribution >= 4 is 58.2 Å². The molecule has 0 bridgehead atoms. The van der Waals surface area contributed by atoms with Crippen LogP contribution in [0.4, 0.5) is 14.5 Å². The molecule has 2 aromatic carbocycles. The van der Waals surface area contributed by atoms with Crippen LogP contribution >= 0.6 is 46.6 Å². The van der Waals surface area contributed by atoms with Gasteiger partial charge in [0.05, 0.1) is 15.7 Å². The number of pyridine rings is 1. The highest BCUT2D eigenvalue weighted by atomic mass is 35.5. The van der Waals surface area contributed by atoms with E-state index in [1.807, 2.05) is 18.1 Å². The van der Waals surface area contributed by atoms with E-state index in [0.717, 1.165) is 55.1 Å². The first-order valence-electron chi connectivity index (χ1n) is 12.0. The largest absolute Gasteiger partial charge is 0.506 e. The minimum absolute atomic E-state index is 0.0639. The topological polar surface area (TPSA) is 79.9 Å². The number of nitrogens with one attached hydrogen (secondary N) is 1. The van der Waals surface area contributed by atoms with Crippen LogP contribution in [0.15, 0.2) is 51.0 Å². The predicted molar refractivity (Wildman–Crippen MR) is 149 cm³/mol. The van der Waals surface area contributed by atoms with E-state index in [0.29, 0.717) is 10.6 Å². The van der Waals surface area contributed by atoms with Crippen molar-refractivity contribution in [3.05, 3.63) is 79.2 Å². The molecular weight excluding hydrogens is 593 g/mol. The maximum atomic E-state index is 14.0. The number of benzene rings is 2. The molecule has 3 heterocycles. The summed E-state index contributed by atoms with van der Waals surface area (Å²) in [5.74, 6) is -0.549. The molecule has 13 heteroatoms. The van der Waals surface area contributed by atoms with E-state index >= 15 is 0 Å². The average Bonchev–Trinajstić information content (AvgIpc) is 3.28. The Labute approximate surface area is 242 Å². The summed E-state index contributed by atoms with van der Waals surface area (Å²) in [5.41, 5.74) is 0.0498. The number of likely N-dealkylation sites (N-methyl/N-ethyl adjacent to an activating group) is 1. The SMILES string of the molecule is CN1CCN(c2cc3c(cc2O)CN(C(=O)c2c(Sc4c(Cl)cccc4Cl)cc(C(F)(F)Cl)[nH]c2=O)C3)CC1. The number of hydrogen-bond donors (Lipinski definition) is 2. The van der Waals surface area contributed by atoms with Crippen LogP contribution < -0.4 is 10.5 Å². The smallest absolute Gasteiger partial charge is 0.362 e. The van der Waals surface area contributed by atoms with Gasteiger partial charge in [-0.25, -0.2) is 0 Å². The van der Waals surface area contributed by atoms with Crippen molar-refractivity contribution in [1.82, 2.24) is 14.8 Å². The number of H-pyrrole nitrogens is 1. The van der Waals surface area contributed by atoms with Crippen molar-refractivity contribution < 1.29 is 18.7 Å². The summed E-state index contributed by atoms with van der Waals surface area (Å²) in [4.78, 5) is 34.8. The fourth-order valence-electron chi connectivity index (χ4n) is 4.69. The number of anilines is 1. The maximum absolute atomic E-state index is 14.0. The van der Waals surface area contributed by atoms with Crippen LogP contribution in [0.2, 0.25) is 10.0 Å². The van der Waals surface area contributed by atoms with Gasteiger partial charge in [-0.2, -0.15) is 8.78 Å². The third-order valence-corrected chi connectivity index (χ3v) is 9.04. The van der Waals surface area contributed by atoms with E-state index in [1.54, 1.807) is 24.3 Å². The highest BCUT2D eigenvalue weighted by molar-refractivity contribution is 7.99. The minimum Gasteiger partial charge on any atom is -0.506 e. The molecule has 39 heavy (non-hydrogen) atoms. The molecule has 0 unspecified atom stereocenters. The molecule has 0 aliphatic carbocycles. The first-order chi connectivity index (χ1) is 18.4. The van der Waals surface area contributed by atoms with Crippen molar-refractivity contribution in [2.75, 3.05) is 38.1 Å². The Morgan fingerprint density at radius 3 is 2.28 bits per heavy atom. The van der Waals surface area contributed by atoms with Crippen molar-refractivity contribution in [2.45, 2.75) is 28.3 Å². The van der Waals surface area contributed by atoms with Crippen LogP contribution in [0.25, 0.3) is 0 Å². The molecule has 3 aromatic rings. The van der Waals surface area contributed by atoms with E-state index in [2.05, 4.69) is 9.80 Å². The Morgan fingerprint density at radius 2 is 1.67 bits per heavy atom. The monoisotopic (exact) mass is 614 g/mol. The van der Waals surface area contributed by atoms with Gasteiger partial charge in [0.25, 0.3) is 11.5 Å². The lowest BCUT2D eigenvalue weighted by Gasteiger charge is -2.34. The van der Waals surface area contributed by atoms with E-state index in [9.17, 15) is 23.5 Å². The number of rotatable bonds is 5. The highest BCUT2D eigenvalue weighted by Crippen LogP contribution is 2.42. The number of piperazine rings is 1. The summed E-state index contributed by atoms with van der Waals surface area (Å²) in [6, 6.07) is 9.20. The van der Waals surface area contributed by atoms with Gasteiger partial charge in [-0.15, -0.1) is 0 Å². The van der Waals surface area contributed by atoms with Gasteiger partial charge in [0.2, 0.25) is 0 Å². The first kappa shape index (κ1) is 28.0. The lowest BCUT2D eigenvalue weighted by atomic mass is 10.1. The van der Waals surface area contributed by atoms with Crippen molar-refractivity contribution in [3.63, 3.8) is 0 Å². The molecule has 1 aromatic heterocycles. The number of amides is 1. The number of phenolic OH excluding ortho intramolecular Hbond substituents is 1. The van der Waals surface area contributed by atoms with Gasteiger partial charge in [0.15, 0.2) is 0 Å². The van der Waals surface area contributed by atoms with Crippen molar-refractivity contribution in [3.8, 4) is 5.75 Å². The molecule has 7 nitrogen and oxygen atoms in total. The number of nitrogens with zero attached hydrogens (tertiary/aromatic N) is 3. The van der Waals surface area contributed by atoms with Gasteiger partial charge in [-0.05, 0) is 60.1 Å². The summed E-state index contributed by atoms with van der Waals surface area (Å²) in [6.45, 7) is 3.54. The molecule has 206 valence electrons. The van der Waals surface area contributed by atoms with E-state index < -0.39 is 22.5 Å². The zero-order chi connectivity index (χ0) is 28.1. The lowest BCUT2D eigenvalue weighted by Crippen LogP contribution is -2.44. The molecule has 0 saturated carbocycles. The van der Waals surface area contributed by atoms with Crippen LogP contribution in [-0.4, -0.2) is 59.0 Å². The number of phenols is 1. The standard InChI is InChI=1S/C26H23Cl3F2N4O3S/c1-33-5-7-34(8-6-33)18-9-14-12-35(13-15(14)10-19(18)36)25(38)22-20(11-21(26(29,30)31)32-24(22)37)39-23-16(27)3-2-4-17(23)28/h2-4,9-11,36H,5-8,12-13H2,1H3,(H,32,37). The van der Waals surface area contributed by atoms with Crippen LogP contribution in [0, 0.1) is 0 Å². The Morgan fingerprint density at radius 1 is 1.05 bits per heavy atom. The molecule has 2 aliphatic rings. The average molecular weight is 616 g/mol. The molecular formula is C26H23Cl3F2N4O3S. The summed E-state index contributed by atoms with van der Waals surface area (Å²) in [5, 5.41) is 7.30. The third-order valence-electron chi connectivity index (χ3n) is 6.80. The summed E-state index contributed by atoms with van der Waals surface area (Å²) < 4.78 is 28.0. The number of hydrogen-bond acceptors (Lipinski definition) is 6. The Balaban J connectivity index is 1.49. The number of halogens is 5. The fraction of sp³-hybridized carbons (Fsp3) is 0.308. The number of carbonyl (C=O) groups is 1. The third kappa shape index (κ3) is 5.71. The molecule has 5 rings (SSSR count). The Kier molecular flexibility index (Phi) is 7.78. The van der Waals surface area contributed by atoms with Crippen LogP contribution in [-0.2, 0) is 18.5 Å². The number of fused-ring (bicyclic) bond motifs is 1. The van der Waals surface area contributed by atoms with Crippen molar-refractivity contribution in [1.29, 1.82) is 0 Å². The van der Waals surface area contributed by atoms with E-state index in [-0.39, 0.29) is 39.3 Å². The molecule has 2 aliphatic heterocycles. The quantitative estimate of drug-likeness (QED) is 0.357. The highest BCUT2D eigenvalue weighted by Gasteiger charge is 2.35. The lowest BCUT2D eigenvalue weighted by molar-refractivity contribution is 0.0740. The predicted octanol–water partition coefficient (Wildman–Crippen LogP) is 5.73. The number of alkyl halides is 3. The number of aromatic hydroxyl groups is 1. The second-order valence-electron chi connectivity index (χ2n) is 9.46. The maximum Gasteiger partial charge on any atom is 0.362 e. The molecule has 0 atom stereocenters. The summed E-state index contributed by atoms with van der Waals surface area (Å²) in [6.07, 6.45) is 0. The van der Waals surface area contributed by atoms with E-state index in [4.69, 9.17) is 34.8 Å². The van der Waals surface area contributed by atoms with Gasteiger partial charge in [0, 0.05) is 49.1 Å². The van der Waals surface area contributed by atoms with Crippen LogP contribution in [0.1, 0.15) is 27.2 Å². The number of carbonyl (C=O) groups excluding carboxylic acids is 1. The zero-order valence-corrected chi connectivity index (χ0v) is 23.7. The van der Waals surface area contributed by atoms with Crippen LogP contribution in [0.5, 0.6) is 5.75 Å². The molecule has 0 spiro atoms. The van der Waals surface area contributed by atoms with Crippen LogP contribution in [0.3, 0.4) is 0 Å². The molecule has 1 fully saturated rings. The second-order valence-corrected chi connectivity index (χ2v) is 11.8. The number of aromatic nitrogens is 1. The molecule has 1 saturated heterocycles. The number of aromatic amines is 1. The van der Waals surface area contributed by atoms with Gasteiger partial charge < -0.3 is 24.8 Å². The first-order valence-corrected chi connectivity index (χ1v) is 13.9. The zero-order valence-electron chi connectivity index (χ0n) is 20.6. The van der Waals surface area contributed by atoms with Gasteiger partial charge in [0.1, 0.15) is 17.0 Å². The summed E-state index contributed by atoms with van der Waals surface area (Å²) in [7, 11) is 2.04. The fourth-order valence-corrected chi connectivity index (χ4v) is 6.43. The van der Waals surface area contributed by atoms with E-state index in [1.165, 1.54) is 4.90 Å². The van der Waals surface area contributed by atoms with Gasteiger partial charge in [-0.3, -0.25) is 9.59 Å².